The van der Waals surface area contributed by atoms with Crippen molar-refractivity contribution in [2.24, 2.45) is 0 Å². The van der Waals surface area contributed by atoms with E-state index in [4.69, 9.17) is 4.74 Å². The van der Waals surface area contributed by atoms with E-state index in [1.807, 2.05) is 0 Å². The number of nitrogens with one attached hydrogen (secondary N) is 1. The van der Waals surface area contributed by atoms with E-state index in [0.29, 0.717) is 0 Å². The van der Waals surface area contributed by atoms with Crippen LogP contribution in [0.5, 0.6) is 0 Å². The standard InChI is InChI=1S/C14H13F3N4O3S/c1-2-24-11(22)7-25-13-20-18-8-21(13)12(23)19-10-5-3-4-9(6-10)14(15,16)17/h3-6,8H,2,7H2,1H3,(H,19,23). The van der Waals surface area contributed by atoms with E-state index in [9.17, 15) is 22.8 Å². The molecule has 7 nitrogen and oxygen atoms in total. The zero-order valence-corrected chi connectivity index (χ0v) is 13.7. The second-order valence-corrected chi connectivity index (χ2v) is 5.53. The number of nitrogens with zero attached hydrogens (tertiary/aromatic N) is 3. The van der Waals surface area contributed by atoms with Crippen molar-refractivity contribution in [1.29, 1.82) is 0 Å². The molecular formula is C14H13F3N4O3S. The molecule has 1 aromatic heterocycles. The van der Waals surface area contributed by atoms with Crippen molar-refractivity contribution in [2.75, 3.05) is 17.7 Å². The van der Waals surface area contributed by atoms with Gasteiger partial charge in [-0.2, -0.15) is 13.2 Å². The molecule has 1 amide bonds. The van der Waals surface area contributed by atoms with Crippen LogP contribution in [0.2, 0.25) is 0 Å². The van der Waals surface area contributed by atoms with Crippen molar-refractivity contribution >= 4 is 29.4 Å². The lowest BCUT2D eigenvalue weighted by Gasteiger charge is -2.10. The molecule has 0 saturated carbocycles. The number of anilines is 1. The lowest BCUT2D eigenvalue weighted by molar-refractivity contribution is -0.140. The quantitative estimate of drug-likeness (QED) is 0.640. The van der Waals surface area contributed by atoms with E-state index in [0.717, 1.165) is 34.8 Å². The molecular weight excluding hydrogens is 361 g/mol. The summed E-state index contributed by atoms with van der Waals surface area (Å²) < 4.78 is 43.8. The van der Waals surface area contributed by atoms with Gasteiger partial charge in [-0.1, -0.05) is 17.8 Å². The number of amides is 1. The van der Waals surface area contributed by atoms with E-state index in [-0.39, 0.29) is 23.2 Å². The highest BCUT2D eigenvalue weighted by molar-refractivity contribution is 7.99. The van der Waals surface area contributed by atoms with Gasteiger partial charge in [0.1, 0.15) is 6.33 Å². The molecule has 1 aromatic carbocycles. The minimum Gasteiger partial charge on any atom is -0.465 e. The van der Waals surface area contributed by atoms with E-state index >= 15 is 0 Å². The summed E-state index contributed by atoms with van der Waals surface area (Å²) in [6.45, 7) is 1.88. The van der Waals surface area contributed by atoms with Crippen molar-refractivity contribution in [2.45, 2.75) is 18.3 Å². The molecule has 11 heteroatoms. The maximum absolute atomic E-state index is 12.7. The molecule has 0 aliphatic carbocycles. The van der Waals surface area contributed by atoms with E-state index in [1.165, 1.54) is 12.1 Å². The van der Waals surface area contributed by atoms with E-state index in [1.54, 1.807) is 6.92 Å². The van der Waals surface area contributed by atoms with Gasteiger partial charge in [0.2, 0.25) is 0 Å². The molecule has 0 saturated heterocycles. The monoisotopic (exact) mass is 374 g/mol. The first-order chi connectivity index (χ1) is 11.8. The molecule has 2 rings (SSSR count). The van der Waals surface area contributed by atoms with Crippen molar-refractivity contribution < 1.29 is 27.5 Å². The highest BCUT2D eigenvalue weighted by Gasteiger charge is 2.30. The molecule has 0 fully saturated rings. The third-order valence-electron chi connectivity index (χ3n) is 2.80. The van der Waals surface area contributed by atoms with Crippen LogP contribution in [0.25, 0.3) is 0 Å². The van der Waals surface area contributed by atoms with Gasteiger partial charge in [0.15, 0.2) is 5.16 Å². The molecule has 2 aromatic rings. The third kappa shape index (κ3) is 5.21. The molecule has 0 atom stereocenters. The molecule has 0 unspecified atom stereocenters. The number of hydrogen-bond acceptors (Lipinski definition) is 6. The maximum Gasteiger partial charge on any atom is 0.416 e. The number of carbonyl (C=O) groups excluding carboxylic acids is 2. The first-order valence-electron chi connectivity index (χ1n) is 6.98. The Morgan fingerprint density at radius 1 is 1.36 bits per heavy atom. The Morgan fingerprint density at radius 3 is 2.80 bits per heavy atom. The minimum absolute atomic E-state index is 0.0325. The molecule has 134 valence electrons. The number of halogens is 3. The SMILES string of the molecule is CCOC(=O)CSc1nncn1C(=O)Nc1cccc(C(F)(F)F)c1. The average Bonchev–Trinajstić information content (AvgIpc) is 3.01. The molecule has 1 N–H and O–H groups in total. The Bertz CT molecular complexity index is 764. The number of carbonyl (C=O) groups is 2. The molecule has 0 aliphatic heterocycles. The van der Waals surface area contributed by atoms with Crippen molar-refractivity contribution in [1.82, 2.24) is 14.8 Å². The number of alkyl halides is 3. The molecule has 25 heavy (non-hydrogen) atoms. The minimum atomic E-state index is -4.52. The Labute approximate surface area is 144 Å². The largest absolute Gasteiger partial charge is 0.465 e. The van der Waals surface area contributed by atoms with Crippen molar-refractivity contribution in [3.05, 3.63) is 36.2 Å². The number of rotatable bonds is 5. The number of esters is 1. The summed E-state index contributed by atoms with van der Waals surface area (Å²) in [5.41, 5.74) is -0.916. The van der Waals surface area contributed by atoms with Crippen LogP contribution in [-0.2, 0) is 15.7 Å². The Hall–Kier alpha value is -2.56. The van der Waals surface area contributed by atoms with Crippen molar-refractivity contribution in [3.8, 4) is 0 Å². The molecule has 0 bridgehead atoms. The zero-order valence-electron chi connectivity index (χ0n) is 12.9. The molecule has 0 spiro atoms. The lowest BCUT2D eigenvalue weighted by atomic mass is 10.2. The van der Waals surface area contributed by atoms with Crippen molar-refractivity contribution in [3.63, 3.8) is 0 Å². The fourth-order valence-corrected chi connectivity index (χ4v) is 2.45. The number of thioether (sulfide) groups is 1. The van der Waals surface area contributed by atoms with Gasteiger partial charge in [-0.3, -0.25) is 4.79 Å². The normalized spacial score (nSPS) is 11.2. The predicted octanol–water partition coefficient (Wildman–Crippen LogP) is 3.03. The predicted molar refractivity (Wildman–Crippen MR) is 83.2 cm³/mol. The number of benzene rings is 1. The number of ether oxygens (including phenoxy) is 1. The van der Waals surface area contributed by atoms with Gasteiger partial charge < -0.3 is 10.1 Å². The van der Waals surface area contributed by atoms with Gasteiger partial charge in [0.25, 0.3) is 0 Å². The second kappa shape index (κ2) is 8.01. The summed E-state index contributed by atoms with van der Waals surface area (Å²) >= 11 is 0.922. The Morgan fingerprint density at radius 2 is 2.12 bits per heavy atom. The summed E-state index contributed by atoms with van der Waals surface area (Å²) in [6, 6.07) is 3.46. The van der Waals surface area contributed by atoms with Crippen LogP contribution in [-0.4, -0.2) is 39.1 Å². The molecule has 0 aliphatic rings. The Kier molecular flexibility index (Phi) is 6.02. The maximum atomic E-state index is 12.7. The highest BCUT2D eigenvalue weighted by atomic mass is 32.2. The zero-order chi connectivity index (χ0) is 18.4. The van der Waals surface area contributed by atoms with Crippen LogP contribution in [0.1, 0.15) is 12.5 Å². The first-order valence-corrected chi connectivity index (χ1v) is 7.97. The van der Waals surface area contributed by atoms with Gasteiger partial charge in [-0.15, -0.1) is 10.2 Å². The topological polar surface area (TPSA) is 86.1 Å². The average molecular weight is 374 g/mol. The van der Waals surface area contributed by atoms with Gasteiger partial charge in [-0.25, -0.2) is 9.36 Å². The van der Waals surface area contributed by atoms with Gasteiger partial charge >= 0.3 is 18.2 Å². The van der Waals surface area contributed by atoms with Crippen LogP contribution >= 0.6 is 11.8 Å². The smallest absolute Gasteiger partial charge is 0.416 e. The summed E-state index contributed by atoms with van der Waals surface area (Å²) in [5, 5.41) is 9.69. The van der Waals surface area contributed by atoms with Gasteiger partial charge in [-0.05, 0) is 25.1 Å². The van der Waals surface area contributed by atoms with Crippen LogP contribution in [0.3, 0.4) is 0 Å². The fourth-order valence-electron chi connectivity index (χ4n) is 1.75. The number of aromatic nitrogens is 3. The van der Waals surface area contributed by atoms with E-state index < -0.39 is 23.7 Å². The van der Waals surface area contributed by atoms with Crippen LogP contribution in [0, 0.1) is 0 Å². The van der Waals surface area contributed by atoms with Crippen LogP contribution in [0.15, 0.2) is 35.7 Å². The summed E-state index contributed by atoms with van der Waals surface area (Å²) in [5.74, 6) is -0.566. The van der Waals surface area contributed by atoms with Crippen LogP contribution < -0.4 is 5.32 Å². The molecule has 0 radical (unpaired) electrons. The first kappa shape index (κ1) is 18.8. The van der Waals surface area contributed by atoms with Crippen LogP contribution in [0.4, 0.5) is 23.7 Å². The molecule has 1 heterocycles. The highest BCUT2D eigenvalue weighted by Crippen LogP contribution is 2.30. The summed E-state index contributed by atoms with van der Waals surface area (Å²) in [4.78, 5) is 23.5. The Balaban J connectivity index is 2.07. The lowest BCUT2D eigenvalue weighted by Crippen LogP contribution is -2.20. The third-order valence-corrected chi connectivity index (χ3v) is 3.72. The van der Waals surface area contributed by atoms with Gasteiger partial charge in [0.05, 0.1) is 17.9 Å². The second-order valence-electron chi connectivity index (χ2n) is 4.59. The van der Waals surface area contributed by atoms with E-state index in [2.05, 4.69) is 15.5 Å². The number of hydrogen-bond donors (Lipinski definition) is 1. The summed E-state index contributed by atoms with van der Waals surface area (Å²) in [6.07, 6.45) is -3.42. The summed E-state index contributed by atoms with van der Waals surface area (Å²) in [7, 11) is 0. The fraction of sp³-hybridized carbons (Fsp3) is 0.286. The van der Waals surface area contributed by atoms with Gasteiger partial charge in [0, 0.05) is 5.69 Å².